The number of rotatable bonds is 5. The number of benzene rings is 3. The predicted molar refractivity (Wildman–Crippen MR) is 118 cm³/mol. The van der Waals surface area contributed by atoms with E-state index in [0.717, 1.165) is 11.1 Å². The molecule has 0 saturated carbocycles. The van der Waals surface area contributed by atoms with Crippen molar-refractivity contribution in [1.82, 2.24) is 4.90 Å². The molecular weight excluding hydrogens is 392 g/mol. The third kappa shape index (κ3) is 3.92. The zero-order chi connectivity index (χ0) is 22.1. The SMILES string of the molecule is COc1ccc(CN2C(=O)c3ccccc3C2=O)cc1C(=O)Nc1cc(C)cc(C)c1. The fraction of sp³-hybridized carbons (Fsp3) is 0.160. The van der Waals surface area contributed by atoms with Gasteiger partial charge in [-0.3, -0.25) is 19.3 Å². The van der Waals surface area contributed by atoms with Gasteiger partial charge in [-0.1, -0.05) is 24.3 Å². The van der Waals surface area contributed by atoms with Crippen molar-refractivity contribution in [1.29, 1.82) is 0 Å². The number of carbonyl (C=O) groups excluding carboxylic acids is 3. The monoisotopic (exact) mass is 414 g/mol. The van der Waals surface area contributed by atoms with Gasteiger partial charge in [-0.25, -0.2) is 0 Å². The molecule has 1 N–H and O–H groups in total. The molecule has 3 aromatic carbocycles. The molecule has 1 aliphatic rings. The number of amides is 3. The Bertz CT molecular complexity index is 1160. The Labute approximate surface area is 180 Å². The summed E-state index contributed by atoms with van der Waals surface area (Å²) >= 11 is 0. The summed E-state index contributed by atoms with van der Waals surface area (Å²) in [5.41, 5.74) is 4.55. The lowest BCUT2D eigenvalue weighted by Gasteiger charge is -2.16. The molecule has 0 aliphatic carbocycles. The maximum absolute atomic E-state index is 13.0. The van der Waals surface area contributed by atoms with Crippen molar-refractivity contribution in [2.24, 2.45) is 0 Å². The number of imide groups is 1. The van der Waals surface area contributed by atoms with Crippen molar-refractivity contribution in [3.63, 3.8) is 0 Å². The number of nitrogens with zero attached hydrogens (tertiary/aromatic N) is 1. The fourth-order valence-corrected chi connectivity index (χ4v) is 3.84. The molecule has 0 fully saturated rings. The summed E-state index contributed by atoms with van der Waals surface area (Å²) < 4.78 is 5.36. The highest BCUT2D eigenvalue weighted by molar-refractivity contribution is 6.21. The number of hydrogen-bond acceptors (Lipinski definition) is 4. The Morgan fingerprint density at radius 1 is 0.903 bits per heavy atom. The average molecular weight is 414 g/mol. The molecule has 156 valence electrons. The van der Waals surface area contributed by atoms with Crippen LogP contribution in [0.4, 0.5) is 5.69 Å². The van der Waals surface area contributed by atoms with Crippen molar-refractivity contribution in [3.05, 3.63) is 94.0 Å². The zero-order valence-corrected chi connectivity index (χ0v) is 17.6. The number of fused-ring (bicyclic) bond motifs is 1. The molecule has 0 bridgehead atoms. The highest BCUT2D eigenvalue weighted by Gasteiger charge is 2.35. The van der Waals surface area contributed by atoms with Crippen molar-refractivity contribution < 1.29 is 19.1 Å². The van der Waals surface area contributed by atoms with Gasteiger partial charge in [-0.05, 0) is 66.9 Å². The van der Waals surface area contributed by atoms with E-state index in [4.69, 9.17) is 4.74 Å². The molecule has 0 aromatic heterocycles. The van der Waals surface area contributed by atoms with Gasteiger partial charge in [0.25, 0.3) is 17.7 Å². The number of aryl methyl sites for hydroxylation is 2. The Morgan fingerprint density at radius 3 is 2.10 bits per heavy atom. The van der Waals surface area contributed by atoms with Crippen molar-refractivity contribution in [2.45, 2.75) is 20.4 Å². The normalized spacial score (nSPS) is 12.7. The molecule has 3 aromatic rings. The van der Waals surface area contributed by atoms with Gasteiger partial charge < -0.3 is 10.1 Å². The minimum atomic E-state index is -0.336. The number of hydrogen-bond donors (Lipinski definition) is 1. The van der Waals surface area contributed by atoms with E-state index in [1.807, 2.05) is 32.0 Å². The van der Waals surface area contributed by atoms with Gasteiger partial charge in [0.1, 0.15) is 5.75 Å². The molecule has 0 spiro atoms. The molecule has 0 unspecified atom stereocenters. The van der Waals surface area contributed by atoms with Gasteiger partial charge in [0.2, 0.25) is 0 Å². The average Bonchev–Trinajstić information content (AvgIpc) is 2.98. The molecule has 0 saturated heterocycles. The number of ether oxygens (including phenoxy) is 1. The molecule has 1 aliphatic heterocycles. The topological polar surface area (TPSA) is 75.7 Å². The summed E-state index contributed by atoms with van der Waals surface area (Å²) in [6.07, 6.45) is 0. The van der Waals surface area contributed by atoms with Crippen LogP contribution in [0.25, 0.3) is 0 Å². The van der Waals surface area contributed by atoms with Gasteiger partial charge in [0.15, 0.2) is 0 Å². The molecule has 1 heterocycles. The summed E-state index contributed by atoms with van der Waals surface area (Å²) in [5.74, 6) is -0.589. The molecule has 6 heteroatoms. The first-order chi connectivity index (χ1) is 14.9. The number of carbonyl (C=O) groups is 3. The van der Waals surface area contributed by atoms with E-state index in [1.54, 1.807) is 42.5 Å². The maximum Gasteiger partial charge on any atom is 0.261 e. The first-order valence-electron chi connectivity index (χ1n) is 9.89. The lowest BCUT2D eigenvalue weighted by Crippen LogP contribution is -2.29. The summed E-state index contributed by atoms with van der Waals surface area (Å²) in [6, 6.07) is 17.6. The number of nitrogens with one attached hydrogen (secondary N) is 1. The van der Waals surface area contributed by atoms with Crippen LogP contribution in [0.5, 0.6) is 5.75 Å². The second-order valence-corrected chi connectivity index (χ2v) is 7.61. The van der Waals surface area contributed by atoms with Gasteiger partial charge >= 0.3 is 0 Å². The van der Waals surface area contributed by atoms with Crippen LogP contribution in [0.1, 0.15) is 47.8 Å². The minimum absolute atomic E-state index is 0.0696. The van der Waals surface area contributed by atoms with E-state index < -0.39 is 0 Å². The van der Waals surface area contributed by atoms with Crippen LogP contribution in [0, 0.1) is 13.8 Å². The predicted octanol–water partition coefficient (Wildman–Crippen LogP) is 4.36. The lowest BCUT2D eigenvalue weighted by molar-refractivity contribution is 0.0642. The van der Waals surface area contributed by atoms with Crippen LogP contribution >= 0.6 is 0 Å². The second kappa shape index (κ2) is 8.07. The van der Waals surface area contributed by atoms with E-state index in [2.05, 4.69) is 5.32 Å². The highest BCUT2D eigenvalue weighted by Crippen LogP contribution is 2.27. The van der Waals surface area contributed by atoms with Crippen LogP contribution in [0.15, 0.2) is 60.7 Å². The summed E-state index contributed by atoms with van der Waals surface area (Å²) in [7, 11) is 1.49. The first kappa shape index (κ1) is 20.3. The van der Waals surface area contributed by atoms with Crippen LogP contribution in [0.3, 0.4) is 0 Å². The van der Waals surface area contributed by atoms with Crippen LogP contribution in [-0.4, -0.2) is 29.7 Å². The van der Waals surface area contributed by atoms with E-state index in [-0.39, 0.29) is 24.3 Å². The van der Waals surface area contributed by atoms with E-state index >= 15 is 0 Å². The van der Waals surface area contributed by atoms with Crippen molar-refractivity contribution >= 4 is 23.4 Å². The van der Waals surface area contributed by atoms with Crippen LogP contribution in [-0.2, 0) is 6.54 Å². The number of methoxy groups -OCH3 is 1. The van der Waals surface area contributed by atoms with Gasteiger partial charge in [0.05, 0.1) is 30.3 Å². The molecule has 0 radical (unpaired) electrons. The van der Waals surface area contributed by atoms with Crippen molar-refractivity contribution in [2.75, 3.05) is 12.4 Å². The Hall–Kier alpha value is -3.93. The minimum Gasteiger partial charge on any atom is -0.496 e. The molecular formula is C25H22N2O4. The largest absolute Gasteiger partial charge is 0.496 e. The third-order valence-electron chi connectivity index (χ3n) is 5.21. The van der Waals surface area contributed by atoms with E-state index in [1.165, 1.54) is 12.0 Å². The summed E-state index contributed by atoms with van der Waals surface area (Å²) in [4.78, 5) is 39.5. The Morgan fingerprint density at radius 2 is 1.52 bits per heavy atom. The maximum atomic E-state index is 13.0. The van der Waals surface area contributed by atoms with E-state index in [0.29, 0.717) is 33.7 Å². The quantitative estimate of drug-likeness (QED) is 0.630. The number of anilines is 1. The zero-order valence-electron chi connectivity index (χ0n) is 17.6. The summed E-state index contributed by atoms with van der Waals surface area (Å²) in [6.45, 7) is 4.00. The third-order valence-corrected chi connectivity index (χ3v) is 5.21. The van der Waals surface area contributed by atoms with Crippen molar-refractivity contribution in [3.8, 4) is 5.75 Å². The smallest absolute Gasteiger partial charge is 0.261 e. The van der Waals surface area contributed by atoms with Crippen LogP contribution < -0.4 is 10.1 Å². The molecule has 0 atom stereocenters. The Kier molecular flexibility index (Phi) is 5.29. The van der Waals surface area contributed by atoms with Gasteiger partial charge in [0, 0.05) is 5.69 Å². The summed E-state index contributed by atoms with van der Waals surface area (Å²) in [5, 5.41) is 2.90. The van der Waals surface area contributed by atoms with Gasteiger partial charge in [-0.2, -0.15) is 0 Å². The molecule has 6 nitrogen and oxygen atoms in total. The molecule has 4 rings (SSSR count). The Balaban J connectivity index is 1.60. The van der Waals surface area contributed by atoms with E-state index in [9.17, 15) is 14.4 Å². The second-order valence-electron chi connectivity index (χ2n) is 7.61. The molecule has 31 heavy (non-hydrogen) atoms. The van der Waals surface area contributed by atoms with Crippen LogP contribution in [0.2, 0.25) is 0 Å². The highest BCUT2D eigenvalue weighted by atomic mass is 16.5. The first-order valence-corrected chi connectivity index (χ1v) is 9.89. The fourth-order valence-electron chi connectivity index (χ4n) is 3.84. The standard InChI is InChI=1S/C25H22N2O4/c1-15-10-16(2)12-18(11-15)26-23(28)21-13-17(8-9-22(21)31-3)14-27-24(29)19-6-4-5-7-20(19)25(27)30/h4-13H,14H2,1-3H3,(H,26,28). The lowest BCUT2D eigenvalue weighted by atomic mass is 10.1. The van der Waals surface area contributed by atoms with Gasteiger partial charge in [-0.15, -0.1) is 0 Å². The molecule has 3 amide bonds.